The van der Waals surface area contributed by atoms with E-state index in [-0.39, 0.29) is 0 Å². The lowest BCUT2D eigenvalue weighted by Gasteiger charge is -2.48. The molecule has 0 aromatic carbocycles. The molecule has 2 saturated heterocycles. The quantitative estimate of drug-likeness (QED) is 0.859. The van der Waals surface area contributed by atoms with E-state index in [0.29, 0.717) is 0 Å². The van der Waals surface area contributed by atoms with E-state index >= 15 is 0 Å². The van der Waals surface area contributed by atoms with Gasteiger partial charge in [0.1, 0.15) is 0 Å². The van der Waals surface area contributed by atoms with Gasteiger partial charge in [0.25, 0.3) is 0 Å². The molecule has 0 radical (unpaired) electrons. The van der Waals surface area contributed by atoms with Crippen molar-refractivity contribution in [1.82, 2.24) is 10.2 Å². The molecule has 1 aliphatic carbocycles. The molecule has 20 heavy (non-hydrogen) atoms. The maximum atomic E-state index is 3.93. The van der Waals surface area contributed by atoms with Gasteiger partial charge in [-0.15, -0.1) is 0 Å². The third kappa shape index (κ3) is 3.36. The van der Waals surface area contributed by atoms with Crippen LogP contribution in [-0.2, 0) is 0 Å². The van der Waals surface area contributed by atoms with Crippen LogP contribution in [0.1, 0.15) is 52.4 Å². The second-order valence-corrected chi connectivity index (χ2v) is 8.59. The lowest BCUT2D eigenvalue weighted by Crippen LogP contribution is -2.62. The van der Waals surface area contributed by atoms with Crippen molar-refractivity contribution in [3.05, 3.63) is 0 Å². The minimum Gasteiger partial charge on any atom is -0.311 e. The Balaban J connectivity index is 1.65. The summed E-state index contributed by atoms with van der Waals surface area (Å²) in [5.74, 6) is 4.49. The van der Waals surface area contributed by atoms with Gasteiger partial charge in [0.05, 0.1) is 0 Å². The lowest BCUT2D eigenvalue weighted by atomic mass is 9.81. The molecule has 2 heterocycles. The molecule has 3 heteroatoms. The van der Waals surface area contributed by atoms with Gasteiger partial charge in [0.15, 0.2) is 0 Å². The Morgan fingerprint density at radius 3 is 2.55 bits per heavy atom. The molecular weight excluding hydrogens is 264 g/mol. The molecule has 116 valence electrons. The van der Waals surface area contributed by atoms with E-state index < -0.39 is 0 Å². The Kier molecular flexibility index (Phi) is 5.33. The molecule has 3 atom stereocenters. The van der Waals surface area contributed by atoms with Gasteiger partial charge < -0.3 is 5.32 Å². The lowest BCUT2D eigenvalue weighted by molar-refractivity contribution is 0.0445. The zero-order valence-corrected chi connectivity index (χ0v) is 14.1. The van der Waals surface area contributed by atoms with Gasteiger partial charge in [-0.05, 0) is 36.9 Å². The van der Waals surface area contributed by atoms with Crippen molar-refractivity contribution in [2.45, 2.75) is 70.5 Å². The summed E-state index contributed by atoms with van der Waals surface area (Å²) in [6.45, 7) is 7.35. The maximum Gasteiger partial charge on any atom is 0.0247 e. The fourth-order valence-electron chi connectivity index (χ4n) is 4.49. The highest BCUT2D eigenvalue weighted by molar-refractivity contribution is 7.99. The van der Waals surface area contributed by atoms with Crippen molar-refractivity contribution in [2.24, 2.45) is 11.8 Å². The molecule has 3 rings (SSSR count). The molecule has 0 spiro atoms. The molecule has 0 aromatic rings. The summed E-state index contributed by atoms with van der Waals surface area (Å²) in [5.41, 5.74) is 0. The summed E-state index contributed by atoms with van der Waals surface area (Å²) >= 11 is 2.16. The average molecular weight is 297 g/mol. The smallest absolute Gasteiger partial charge is 0.0247 e. The van der Waals surface area contributed by atoms with Gasteiger partial charge in [0.2, 0.25) is 0 Å². The van der Waals surface area contributed by atoms with Crippen LogP contribution in [-0.4, -0.2) is 47.6 Å². The van der Waals surface area contributed by atoms with Crippen molar-refractivity contribution in [2.75, 3.05) is 24.6 Å². The van der Waals surface area contributed by atoms with Crippen molar-refractivity contribution < 1.29 is 0 Å². The van der Waals surface area contributed by atoms with E-state index in [9.17, 15) is 0 Å². The summed E-state index contributed by atoms with van der Waals surface area (Å²) in [5, 5.41) is 3.93. The number of thioether (sulfide) groups is 1. The summed E-state index contributed by atoms with van der Waals surface area (Å²) in [6, 6.07) is 2.40. The monoisotopic (exact) mass is 296 g/mol. The molecule has 0 aromatic heterocycles. The Hall–Kier alpha value is 0.270. The van der Waals surface area contributed by atoms with Crippen molar-refractivity contribution in [3.8, 4) is 0 Å². The first kappa shape index (κ1) is 15.2. The van der Waals surface area contributed by atoms with E-state index in [2.05, 4.69) is 35.8 Å². The first-order valence-corrected chi connectivity index (χ1v) is 9.98. The third-order valence-electron chi connectivity index (χ3n) is 5.79. The van der Waals surface area contributed by atoms with E-state index in [0.717, 1.165) is 30.0 Å². The second kappa shape index (κ2) is 7.02. The molecule has 2 aliphatic heterocycles. The van der Waals surface area contributed by atoms with Crippen LogP contribution in [0, 0.1) is 11.8 Å². The maximum absolute atomic E-state index is 3.93. The van der Waals surface area contributed by atoms with Crippen molar-refractivity contribution in [3.63, 3.8) is 0 Å². The van der Waals surface area contributed by atoms with Crippen molar-refractivity contribution >= 4 is 11.8 Å². The summed E-state index contributed by atoms with van der Waals surface area (Å²) in [4.78, 5) is 2.90. The molecule has 1 saturated carbocycles. The number of piperazine rings is 1. The second-order valence-electron chi connectivity index (χ2n) is 7.44. The van der Waals surface area contributed by atoms with Crippen LogP contribution >= 0.6 is 11.8 Å². The SMILES string of the molecule is CC(C)C1CNC(C2CCCCC2)CN1C1CCSC1. The fraction of sp³-hybridized carbons (Fsp3) is 1.00. The minimum absolute atomic E-state index is 0.763. The Labute approximate surface area is 129 Å². The molecule has 0 amide bonds. The number of rotatable bonds is 3. The Morgan fingerprint density at radius 1 is 1.10 bits per heavy atom. The normalized spacial score (nSPS) is 37.6. The zero-order valence-electron chi connectivity index (χ0n) is 13.3. The van der Waals surface area contributed by atoms with E-state index in [1.807, 2.05) is 0 Å². The van der Waals surface area contributed by atoms with Gasteiger partial charge in [-0.2, -0.15) is 11.8 Å². The molecule has 3 fully saturated rings. The van der Waals surface area contributed by atoms with Crippen LogP contribution in [0.25, 0.3) is 0 Å². The predicted molar refractivity (Wildman–Crippen MR) is 89.4 cm³/mol. The number of nitrogens with zero attached hydrogens (tertiary/aromatic N) is 1. The average Bonchev–Trinajstić information content (AvgIpc) is 3.01. The van der Waals surface area contributed by atoms with E-state index in [4.69, 9.17) is 0 Å². The number of hydrogen-bond donors (Lipinski definition) is 1. The first-order valence-electron chi connectivity index (χ1n) is 8.82. The Bertz CT molecular complexity index is 295. The standard InChI is InChI=1S/C17H32N2S/c1-13(2)17-10-18-16(14-6-4-3-5-7-14)11-19(17)15-8-9-20-12-15/h13-18H,3-12H2,1-2H3. The molecule has 1 N–H and O–H groups in total. The summed E-state index contributed by atoms with van der Waals surface area (Å²) in [6.07, 6.45) is 8.77. The zero-order chi connectivity index (χ0) is 13.9. The van der Waals surface area contributed by atoms with E-state index in [1.54, 1.807) is 0 Å². The highest BCUT2D eigenvalue weighted by atomic mass is 32.2. The summed E-state index contributed by atoms with van der Waals surface area (Å²) < 4.78 is 0. The van der Waals surface area contributed by atoms with Crippen molar-refractivity contribution in [1.29, 1.82) is 0 Å². The van der Waals surface area contributed by atoms with Gasteiger partial charge in [-0.3, -0.25) is 4.90 Å². The van der Waals surface area contributed by atoms with Crippen LogP contribution in [0.3, 0.4) is 0 Å². The van der Waals surface area contributed by atoms with Gasteiger partial charge in [0, 0.05) is 37.0 Å². The first-order chi connectivity index (χ1) is 9.75. The Morgan fingerprint density at radius 2 is 1.90 bits per heavy atom. The van der Waals surface area contributed by atoms with Crippen LogP contribution in [0.4, 0.5) is 0 Å². The molecule has 3 unspecified atom stereocenters. The van der Waals surface area contributed by atoms with Gasteiger partial charge >= 0.3 is 0 Å². The minimum atomic E-state index is 0.763. The number of nitrogens with one attached hydrogen (secondary N) is 1. The van der Waals surface area contributed by atoms with Crippen LogP contribution < -0.4 is 5.32 Å². The molecule has 2 nitrogen and oxygen atoms in total. The largest absolute Gasteiger partial charge is 0.311 e. The van der Waals surface area contributed by atoms with Crippen LogP contribution in [0.2, 0.25) is 0 Å². The predicted octanol–water partition coefficient (Wildman–Crippen LogP) is 3.37. The molecule has 0 bridgehead atoms. The van der Waals surface area contributed by atoms with Gasteiger partial charge in [-0.1, -0.05) is 33.1 Å². The van der Waals surface area contributed by atoms with Crippen LogP contribution in [0.15, 0.2) is 0 Å². The number of hydrogen-bond acceptors (Lipinski definition) is 3. The van der Waals surface area contributed by atoms with E-state index in [1.165, 1.54) is 63.1 Å². The molecule has 3 aliphatic rings. The highest BCUT2D eigenvalue weighted by Gasteiger charge is 2.38. The van der Waals surface area contributed by atoms with Crippen LogP contribution in [0.5, 0.6) is 0 Å². The fourth-order valence-corrected chi connectivity index (χ4v) is 5.73. The molecular formula is C17H32N2S. The third-order valence-corrected chi connectivity index (χ3v) is 6.93. The summed E-state index contributed by atoms with van der Waals surface area (Å²) in [7, 11) is 0. The highest BCUT2D eigenvalue weighted by Crippen LogP contribution is 2.32. The topological polar surface area (TPSA) is 15.3 Å². The van der Waals surface area contributed by atoms with Gasteiger partial charge in [-0.25, -0.2) is 0 Å².